The first kappa shape index (κ1) is 14.8. The molecule has 0 aliphatic rings. The molecule has 0 aliphatic carbocycles. The highest BCUT2D eigenvalue weighted by atomic mass is 32.2. The Bertz CT molecular complexity index is 498. The van der Waals surface area contributed by atoms with E-state index in [4.69, 9.17) is 9.84 Å². The second-order valence-corrected chi connectivity index (χ2v) is 5.97. The largest absolute Gasteiger partial charge is 0.396 e. The van der Waals surface area contributed by atoms with Crippen LogP contribution in [-0.4, -0.2) is 47.1 Å². The molecular formula is C12H19N3O2S2. The van der Waals surface area contributed by atoms with Gasteiger partial charge in [0.15, 0.2) is 4.96 Å². The number of aromatic nitrogens is 2. The molecule has 0 aliphatic heterocycles. The molecule has 0 spiro atoms. The van der Waals surface area contributed by atoms with E-state index in [1.54, 1.807) is 30.2 Å². The van der Waals surface area contributed by atoms with Gasteiger partial charge in [0.05, 0.1) is 12.3 Å². The number of ether oxygens (including phenoxy) is 1. The molecule has 0 bridgehead atoms. The van der Waals surface area contributed by atoms with Crippen LogP contribution in [0.1, 0.15) is 12.1 Å². The van der Waals surface area contributed by atoms with Crippen LogP contribution in [0.4, 0.5) is 0 Å². The summed E-state index contributed by atoms with van der Waals surface area (Å²) in [7, 11) is 1.70. The number of nitrogens with one attached hydrogen (secondary N) is 1. The zero-order chi connectivity index (χ0) is 13.5. The molecule has 7 heteroatoms. The Labute approximate surface area is 121 Å². The molecule has 0 saturated heterocycles. The molecule has 0 saturated carbocycles. The van der Waals surface area contributed by atoms with Crippen molar-refractivity contribution in [2.75, 3.05) is 32.6 Å². The Balaban J connectivity index is 2.03. The van der Waals surface area contributed by atoms with Gasteiger partial charge in [0.1, 0.15) is 5.03 Å². The summed E-state index contributed by atoms with van der Waals surface area (Å²) in [6.45, 7) is 2.55. The molecule has 2 heterocycles. The average molecular weight is 301 g/mol. The Morgan fingerprint density at radius 1 is 1.58 bits per heavy atom. The third-order valence-corrected chi connectivity index (χ3v) is 4.49. The van der Waals surface area contributed by atoms with E-state index in [2.05, 4.69) is 20.9 Å². The smallest absolute Gasteiger partial charge is 0.194 e. The fourth-order valence-electron chi connectivity index (χ4n) is 1.70. The summed E-state index contributed by atoms with van der Waals surface area (Å²) in [5, 5.41) is 15.3. The van der Waals surface area contributed by atoms with E-state index in [-0.39, 0.29) is 6.61 Å². The van der Waals surface area contributed by atoms with Crippen LogP contribution < -0.4 is 5.32 Å². The van der Waals surface area contributed by atoms with Crippen LogP contribution in [0.5, 0.6) is 0 Å². The molecule has 0 radical (unpaired) electrons. The SMILES string of the molecule is COCCNCc1c(SCCCO)nc2sccn12. The maximum absolute atomic E-state index is 8.85. The maximum atomic E-state index is 8.85. The lowest BCUT2D eigenvalue weighted by Crippen LogP contribution is -2.19. The standard InChI is InChI=1S/C12H19N3O2S2/c1-17-6-3-13-9-10-11(18-7-2-5-16)14-12-15(10)4-8-19-12/h4,8,13,16H,2-3,5-7,9H2,1H3. The fraction of sp³-hybridized carbons (Fsp3) is 0.583. The van der Waals surface area contributed by atoms with E-state index in [1.807, 2.05) is 5.38 Å². The van der Waals surface area contributed by atoms with Crippen molar-refractivity contribution in [1.29, 1.82) is 0 Å². The number of hydrogen-bond donors (Lipinski definition) is 2. The average Bonchev–Trinajstić information content (AvgIpc) is 2.97. The summed E-state index contributed by atoms with van der Waals surface area (Å²) in [6.07, 6.45) is 2.85. The first-order chi connectivity index (χ1) is 9.36. The van der Waals surface area contributed by atoms with Gasteiger partial charge in [0, 0.05) is 44.1 Å². The lowest BCUT2D eigenvalue weighted by molar-refractivity contribution is 0.199. The Morgan fingerprint density at radius 2 is 2.47 bits per heavy atom. The van der Waals surface area contributed by atoms with Crippen molar-refractivity contribution in [3.05, 3.63) is 17.3 Å². The highest BCUT2D eigenvalue weighted by Gasteiger charge is 2.12. The number of nitrogens with zero attached hydrogens (tertiary/aromatic N) is 2. The third-order valence-electron chi connectivity index (χ3n) is 2.64. The summed E-state index contributed by atoms with van der Waals surface area (Å²) in [6, 6.07) is 0. The number of rotatable bonds is 9. The van der Waals surface area contributed by atoms with Gasteiger partial charge < -0.3 is 15.2 Å². The molecule has 2 rings (SSSR count). The van der Waals surface area contributed by atoms with E-state index in [1.165, 1.54) is 5.69 Å². The molecule has 0 unspecified atom stereocenters. The molecule has 0 atom stereocenters. The van der Waals surface area contributed by atoms with Gasteiger partial charge in [0.25, 0.3) is 0 Å². The Morgan fingerprint density at radius 3 is 3.26 bits per heavy atom. The van der Waals surface area contributed by atoms with Crippen LogP contribution in [0.15, 0.2) is 16.6 Å². The van der Waals surface area contributed by atoms with E-state index in [0.717, 1.165) is 35.3 Å². The van der Waals surface area contributed by atoms with Crippen molar-refractivity contribution >= 4 is 28.1 Å². The molecule has 0 amide bonds. The van der Waals surface area contributed by atoms with Crippen LogP contribution >= 0.6 is 23.1 Å². The van der Waals surface area contributed by atoms with Crippen molar-refractivity contribution in [2.24, 2.45) is 0 Å². The molecule has 0 fully saturated rings. The lowest BCUT2D eigenvalue weighted by Gasteiger charge is -2.05. The van der Waals surface area contributed by atoms with Gasteiger partial charge in [-0.3, -0.25) is 4.40 Å². The zero-order valence-electron chi connectivity index (χ0n) is 11.0. The number of thioether (sulfide) groups is 1. The first-order valence-corrected chi connectivity index (χ1v) is 8.11. The summed E-state index contributed by atoms with van der Waals surface area (Å²) in [5.41, 5.74) is 1.19. The number of methoxy groups -OCH3 is 1. The number of fused-ring (bicyclic) bond motifs is 1. The van der Waals surface area contributed by atoms with E-state index in [0.29, 0.717) is 6.61 Å². The predicted molar refractivity (Wildman–Crippen MR) is 79.1 cm³/mol. The summed E-state index contributed by atoms with van der Waals surface area (Å²) < 4.78 is 7.16. The van der Waals surface area contributed by atoms with E-state index < -0.39 is 0 Å². The summed E-state index contributed by atoms with van der Waals surface area (Å²) in [5.74, 6) is 0.895. The normalized spacial score (nSPS) is 11.5. The Kier molecular flexibility index (Phi) is 6.12. The van der Waals surface area contributed by atoms with Gasteiger partial charge in [-0.15, -0.1) is 23.1 Å². The van der Waals surface area contributed by atoms with Crippen molar-refractivity contribution < 1.29 is 9.84 Å². The van der Waals surface area contributed by atoms with Gasteiger partial charge in [0.2, 0.25) is 0 Å². The third kappa shape index (κ3) is 3.93. The van der Waals surface area contributed by atoms with Gasteiger partial charge in [-0.25, -0.2) is 4.98 Å². The van der Waals surface area contributed by atoms with Crippen LogP contribution in [-0.2, 0) is 11.3 Å². The summed E-state index contributed by atoms with van der Waals surface area (Å²) >= 11 is 3.35. The number of thiazole rings is 1. The van der Waals surface area contributed by atoms with Crippen molar-refractivity contribution in [3.8, 4) is 0 Å². The highest BCUT2D eigenvalue weighted by molar-refractivity contribution is 7.99. The number of aliphatic hydroxyl groups excluding tert-OH is 1. The number of aliphatic hydroxyl groups is 1. The Hall–Kier alpha value is -0.600. The van der Waals surface area contributed by atoms with Crippen LogP contribution in [0.25, 0.3) is 4.96 Å². The second kappa shape index (κ2) is 7.86. The quantitative estimate of drug-likeness (QED) is 0.544. The van der Waals surface area contributed by atoms with Crippen LogP contribution in [0.3, 0.4) is 0 Å². The van der Waals surface area contributed by atoms with Gasteiger partial charge in [-0.2, -0.15) is 0 Å². The number of hydrogen-bond acceptors (Lipinski definition) is 6. The van der Waals surface area contributed by atoms with Crippen LogP contribution in [0, 0.1) is 0 Å². The molecule has 2 N–H and O–H groups in total. The van der Waals surface area contributed by atoms with E-state index >= 15 is 0 Å². The van der Waals surface area contributed by atoms with Crippen molar-refractivity contribution in [3.63, 3.8) is 0 Å². The number of imidazole rings is 1. The molecular weight excluding hydrogens is 282 g/mol. The molecule has 5 nitrogen and oxygen atoms in total. The molecule has 2 aromatic rings. The first-order valence-electron chi connectivity index (χ1n) is 6.24. The van der Waals surface area contributed by atoms with E-state index in [9.17, 15) is 0 Å². The minimum atomic E-state index is 0.233. The van der Waals surface area contributed by atoms with Crippen molar-refractivity contribution in [1.82, 2.24) is 14.7 Å². The lowest BCUT2D eigenvalue weighted by atomic mass is 10.4. The van der Waals surface area contributed by atoms with Gasteiger partial charge in [-0.1, -0.05) is 0 Å². The fourth-order valence-corrected chi connectivity index (χ4v) is 3.45. The monoisotopic (exact) mass is 301 g/mol. The molecule has 0 aromatic carbocycles. The van der Waals surface area contributed by atoms with Crippen LogP contribution in [0.2, 0.25) is 0 Å². The molecule has 106 valence electrons. The van der Waals surface area contributed by atoms with Gasteiger partial charge >= 0.3 is 0 Å². The maximum Gasteiger partial charge on any atom is 0.194 e. The minimum absolute atomic E-state index is 0.233. The highest BCUT2D eigenvalue weighted by Crippen LogP contribution is 2.26. The molecule has 2 aromatic heterocycles. The minimum Gasteiger partial charge on any atom is -0.396 e. The zero-order valence-corrected chi connectivity index (χ0v) is 12.6. The second-order valence-electron chi connectivity index (χ2n) is 4.01. The topological polar surface area (TPSA) is 58.8 Å². The van der Waals surface area contributed by atoms with Crippen molar-refractivity contribution in [2.45, 2.75) is 18.0 Å². The summed E-state index contributed by atoms with van der Waals surface area (Å²) in [4.78, 5) is 5.66. The van der Waals surface area contributed by atoms with Gasteiger partial charge in [-0.05, 0) is 6.42 Å². The molecule has 19 heavy (non-hydrogen) atoms. The predicted octanol–water partition coefficient (Wildman–Crippen LogP) is 1.61.